The van der Waals surface area contributed by atoms with E-state index in [2.05, 4.69) is 49.7 Å². The number of hydrogen-bond acceptors (Lipinski definition) is 0. The minimum atomic E-state index is -0.412. The maximum Gasteiger partial charge on any atom is 0.140 e. The van der Waals surface area contributed by atoms with Crippen LogP contribution in [0.1, 0.15) is 72.9 Å². The number of unbranched alkanes of at least 4 members (excludes halogenated alkanes) is 2. The van der Waals surface area contributed by atoms with Crippen LogP contribution in [-0.4, -0.2) is 0 Å². The van der Waals surface area contributed by atoms with Gasteiger partial charge >= 0.3 is 0 Å². The van der Waals surface area contributed by atoms with Crippen LogP contribution in [-0.2, 0) is 12.8 Å². The third-order valence-electron chi connectivity index (χ3n) is 5.29. The lowest BCUT2D eigenvalue weighted by Gasteiger charge is -2.02. The Morgan fingerprint density at radius 3 is 1.78 bits per heavy atom. The molecule has 0 N–H and O–H groups in total. The lowest BCUT2D eigenvalue weighted by atomic mass is 10.0. The zero-order valence-corrected chi connectivity index (χ0v) is 18.8. The molecule has 0 saturated heterocycles. The van der Waals surface area contributed by atoms with Crippen LogP contribution < -0.4 is 0 Å². The number of rotatable bonds is 6. The number of benzene rings is 3. The summed E-state index contributed by atoms with van der Waals surface area (Å²) in [6.45, 7) is 4.26. The van der Waals surface area contributed by atoms with Crippen LogP contribution >= 0.6 is 0 Å². The summed E-state index contributed by atoms with van der Waals surface area (Å²) in [5.74, 6) is 11.1. The molecule has 0 aliphatic carbocycles. The van der Waals surface area contributed by atoms with Gasteiger partial charge in [0, 0.05) is 16.7 Å². The van der Waals surface area contributed by atoms with E-state index in [1.54, 1.807) is 18.2 Å². The molecule has 0 bridgehead atoms. The quantitative estimate of drug-likeness (QED) is 0.359. The predicted octanol–water partition coefficient (Wildman–Crippen LogP) is 7.45. The minimum absolute atomic E-state index is 0.236. The van der Waals surface area contributed by atoms with E-state index in [9.17, 15) is 8.78 Å². The Morgan fingerprint density at radius 1 is 0.594 bits per heavy atom. The van der Waals surface area contributed by atoms with Gasteiger partial charge in [-0.3, -0.25) is 0 Å². The summed E-state index contributed by atoms with van der Waals surface area (Å²) in [4.78, 5) is 0. The Balaban J connectivity index is 1.69. The van der Waals surface area contributed by atoms with E-state index in [1.165, 1.54) is 30.5 Å². The standard InChI is InChI=1S/C30H28F2/c1-3-5-7-23-9-11-24(12-10-23)15-18-28-20-17-26(22-30(28)32)14-13-25-16-19-27(8-6-4-2)29(31)21-25/h9-12,16-17,19-22H,3-8H2,1-2H3. The summed E-state index contributed by atoms with van der Waals surface area (Å²) < 4.78 is 28.7. The maximum absolute atomic E-state index is 14.5. The van der Waals surface area contributed by atoms with Gasteiger partial charge in [-0.2, -0.15) is 0 Å². The molecule has 3 aromatic rings. The largest absolute Gasteiger partial charge is 0.207 e. The molecule has 2 heteroatoms. The molecule has 0 heterocycles. The first-order valence-electron chi connectivity index (χ1n) is 11.3. The first-order chi connectivity index (χ1) is 15.6. The smallest absolute Gasteiger partial charge is 0.140 e. The van der Waals surface area contributed by atoms with Crippen LogP contribution in [0.15, 0.2) is 60.7 Å². The summed E-state index contributed by atoms with van der Waals surface area (Å²) in [6, 6.07) is 17.9. The molecule has 0 aliphatic rings. The van der Waals surface area contributed by atoms with Crippen molar-refractivity contribution in [3.8, 4) is 23.7 Å². The highest BCUT2D eigenvalue weighted by atomic mass is 19.1. The Morgan fingerprint density at radius 2 is 1.16 bits per heavy atom. The van der Waals surface area contributed by atoms with Gasteiger partial charge in [0.15, 0.2) is 0 Å². The fourth-order valence-corrected chi connectivity index (χ4v) is 3.31. The summed E-state index contributed by atoms with van der Waals surface area (Å²) in [7, 11) is 0. The van der Waals surface area contributed by atoms with E-state index in [0.717, 1.165) is 31.2 Å². The summed E-state index contributed by atoms with van der Waals surface area (Å²) in [5, 5.41) is 0. The van der Waals surface area contributed by atoms with Crippen molar-refractivity contribution in [1.29, 1.82) is 0 Å². The third kappa shape index (κ3) is 6.83. The average Bonchev–Trinajstić information content (AvgIpc) is 2.81. The zero-order valence-electron chi connectivity index (χ0n) is 18.8. The molecule has 0 unspecified atom stereocenters. The van der Waals surface area contributed by atoms with Crippen molar-refractivity contribution in [2.45, 2.75) is 52.4 Å². The van der Waals surface area contributed by atoms with E-state index < -0.39 is 5.82 Å². The highest BCUT2D eigenvalue weighted by Gasteiger charge is 2.03. The number of aryl methyl sites for hydroxylation is 2. The van der Waals surface area contributed by atoms with Crippen molar-refractivity contribution < 1.29 is 8.78 Å². The summed E-state index contributed by atoms with van der Waals surface area (Å²) in [5.41, 5.74) is 4.30. The number of hydrogen-bond donors (Lipinski definition) is 0. The van der Waals surface area contributed by atoms with Crippen molar-refractivity contribution in [2.75, 3.05) is 0 Å². The molecule has 32 heavy (non-hydrogen) atoms. The highest BCUT2D eigenvalue weighted by Crippen LogP contribution is 2.14. The second-order valence-corrected chi connectivity index (χ2v) is 7.90. The molecular formula is C30H28F2. The molecular weight excluding hydrogens is 398 g/mol. The van der Waals surface area contributed by atoms with E-state index in [4.69, 9.17) is 0 Å². The van der Waals surface area contributed by atoms with Crippen LogP contribution in [0, 0.1) is 35.3 Å². The van der Waals surface area contributed by atoms with Gasteiger partial charge in [-0.15, -0.1) is 0 Å². The molecule has 3 aromatic carbocycles. The van der Waals surface area contributed by atoms with Gasteiger partial charge < -0.3 is 0 Å². The zero-order chi connectivity index (χ0) is 22.8. The van der Waals surface area contributed by atoms with Crippen LogP contribution in [0.4, 0.5) is 8.78 Å². The number of halogens is 2. The van der Waals surface area contributed by atoms with Gasteiger partial charge in [0.25, 0.3) is 0 Å². The van der Waals surface area contributed by atoms with E-state index in [1.807, 2.05) is 18.2 Å². The van der Waals surface area contributed by atoms with Gasteiger partial charge in [-0.1, -0.05) is 68.6 Å². The molecule has 0 atom stereocenters. The lowest BCUT2D eigenvalue weighted by molar-refractivity contribution is 0.603. The first-order valence-corrected chi connectivity index (χ1v) is 11.3. The molecule has 0 fully saturated rings. The molecule has 3 rings (SSSR count). The Labute approximate surface area is 190 Å². The summed E-state index contributed by atoms with van der Waals surface area (Å²) >= 11 is 0. The third-order valence-corrected chi connectivity index (χ3v) is 5.29. The molecule has 0 aliphatic heterocycles. The van der Waals surface area contributed by atoms with Gasteiger partial charge in [0.2, 0.25) is 0 Å². The Bertz CT molecular complexity index is 1170. The van der Waals surface area contributed by atoms with Crippen molar-refractivity contribution >= 4 is 0 Å². The van der Waals surface area contributed by atoms with E-state index in [-0.39, 0.29) is 5.82 Å². The topological polar surface area (TPSA) is 0 Å². The molecule has 0 nitrogen and oxygen atoms in total. The average molecular weight is 427 g/mol. The van der Waals surface area contributed by atoms with Gasteiger partial charge in [0.1, 0.15) is 11.6 Å². The van der Waals surface area contributed by atoms with E-state index >= 15 is 0 Å². The summed E-state index contributed by atoms with van der Waals surface area (Å²) in [6.07, 6.45) is 6.12. The Hall–Kier alpha value is -3.36. The molecule has 0 spiro atoms. The van der Waals surface area contributed by atoms with Crippen molar-refractivity contribution in [3.63, 3.8) is 0 Å². The molecule has 0 aromatic heterocycles. The SMILES string of the molecule is CCCCc1ccc(C#Cc2ccc(C#Cc3ccc(CCCC)c(F)c3)cc2F)cc1. The monoisotopic (exact) mass is 426 g/mol. The predicted molar refractivity (Wildman–Crippen MR) is 128 cm³/mol. The maximum atomic E-state index is 14.5. The fraction of sp³-hybridized carbons (Fsp3) is 0.267. The van der Waals surface area contributed by atoms with Crippen LogP contribution in [0.5, 0.6) is 0 Å². The van der Waals surface area contributed by atoms with Crippen molar-refractivity contribution in [2.24, 2.45) is 0 Å². The molecule has 0 radical (unpaired) electrons. The molecule has 0 amide bonds. The van der Waals surface area contributed by atoms with Crippen LogP contribution in [0.25, 0.3) is 0 Å². The second-order valence-electron chi connectivity index (χ2n) is 7.90. The van der Waals surface area contributed by atoms with Gasteiger partial charge in [-0.25, -0.2) is 8.78 Å². The normalized spacial score (nSPS) is 10.1. The second kappa shape index (κ2) is 11.9. The molecule has 162 valence electrons. The molecule has 0 saturated carbocycles. The lowest BCUT2D eigenvalue weighted by Crippen LogP contribution is -1.91. The van der Waals surface area contributed by atoms with Crippen molar-refractivity contribution in [1.82, 2.24) is 0 Å². The fourth-order valence-electron chi connectivity index (χ4n) is 3.31. The van der Waals surface area contributed by atoms with Gasteiger partial charge in [0.05, 0.1) is 5.56 Å². The first kappa shape index (κ1) is 23.3. The van der Waals surface area contributed by atoms with Crippen LogP contribution in [0.3, 0.4) is 0 Å². The van der Waals surface area contributed by atoms with Crippen LogP contribution in [0.2, 0.25) is 0 Å². The highest BCUT2D eigenvalue weighted by molar-refractivity contribution is 5.49. The van der Waals surface area contributed by atoms with Crippen molar-refractivity contribution in [3.05, 3.63) is 106 Å². The Kier molecular flexibility index (Phi) is 8.65. The minimum Gasteiger partial charge on any atom is -0.207 e. The van der Waals surface area contributed by atoms with Gasteiger partial charge in [-0.05, 0) is 79.3 Å². The van der Waals surface area contributed by atoms with E-state index in [0.29, 0.717) is 22.3 Å².